The number of nitrogens with zero attached hydrogens (tertiary/aromatic N) is 2. The summed E-state index contributed by atoms with van der Waals surface area (Å²) in [6, 6.07) is -0.270. The van der Waals surface area contributed by atoms with Crippen LogP contribution in [0.25, 0.3) is 0 Å². The molecule has 2 saturated heterocycles. The van der Waals surface area contributed by atoms with Gasteiger partial charge in [0.2, 0.25) is 11.8 Å². The molecule has 0 aliphatic carbocycles. The van der Waals surface area contributed by atoms with Crippen molar-refractivity contribution in [2.45, 2.75) is 25.8 Å². The maximum atomic E-state index is 12.3. The first-order valence-corrected chi connectivity index (χ1v) is 6.70. The van der Waals surface area contributed by atoms with Crippen molar-refractivity contribution in [3.63, 3.8) is 0 Å². The van der Waals surface area contributed by atoms with E-state index < -0.39 is 6.03 Å². The van der Waals surface area contributed by atoms with E-state index in [4.69, 9.17) is 0 Å². The van der Waals surface area contributed by atoms with E-state index in [-0.39, 0.29) is 30.9 Å². The molecular formula is C12H20N4O3. The zero-order valence-corrected chi connectivity index (χ0v) is 11.1. The Balaban J connectivity index is 1.95. The van der Waals surface area contributed by atoms with Crippen molar-refractivity contribution >= 4 is 17.8 Å². The molecule has 2 N–H and O–H groups in total. The summed E-state index contributed by atoms with van der Waals surface area (Å²) in [4.78, 5) is 37.9. The Hall–Kier alpha value is -1.63. The fourth-order valence-electron chi connectivity index (χ4n) is 2.52. The molecule has 1 unspecified atom stereocenters. The molecule has 2 fully saturated rings. The van der Waals surface area contributed by atoms with E-state index in [1.807, 2.05) is 11.8 Å². The topological polar surface area (TPSA) is 81.8 Å². The number of carbonyl (C=O) groups excluding carboxylic acids is 3. The van der Waals surface area contributed by atoms with Crippen LogP contribution in [0.3, 0.4) is 0 Å². The molecule has 1 atom stereocenters. The predicted molar refractivity (Wildman–Crippen MR) is 68.4 cm³/mol. The molecule has 2 rings (SSSR count). The molecule has 7 nitrogen and oxygen atoms in total. The zero-order valence-electron chi connectivity index (χ0n) is 11.1. The third kappa shape index (κ3) is 3.23. The Bertz CT molecular complexity index is 379. The van der Waals surface area contributed by atoms with Gasteiger partial charge in [-0.05, 0) is 19.4 Å². The van der Waals surface area contributed by atoms with Crippen LogP contribution in [-0.4, -0.2) is 66.4 Å². The van der Waals surface area contributed by atoms with Crippen LogP contribution in [0.2, 0.25) is 0 Å². The first-order valence-electron chi connectivity index (χ1n) is 6.70. The number of imide groups is 1. The monoisotopic (exact) mass is 268 g/mol. The molecule has 2 aliphatic heterocycles. The Kier molecular flexibility index (Phi) is 4.36. The summed E-state index contributed by atoms with van der Waals surface area (Å²) in [5.74, 6) is -0.428. The minimum atomic E-state index is -0.473. The number of amides is 4. The summed E-state index contributed by atoms with van der Waals surface area (Å²) in [6.07, 6.45) is 1.82. The molecular weight excluding hydrogens is 248 g/mol. The Labute approximate surface area is 112 Å². The first kappa shape index (κ1) is 13.8. The normalized spacial score (nSPS) is 22.8. The Morgan fingerprint density at radius 2 is 2.26 bits per heavy atom. The molecule has 0 saturated carbocycles. The van der Waals surface area contributed by atoms with Crippen LogP contribution in [-0.2, 0) is 9.59 Å². The van der Waals surface area contributed by atoms with E-state index in [0.717, 1.165) is 25.9 Å². The van der Waals surface area contributed by atoms with Gasteiger partial charge in [0.1, 0.15) is 13.1 Å². The summed E-state index contributed by atoms with van der Waals surface area (Å²) in [5.41, 5.74) is 0. The summed E-state index contributed by atoms with van der Waals surface area (Å²) in [6.45, 7) is 4.39. The van der Waals surface area contributed by atoms with Gasteiger partial charge in [0.25, 0.3) is 0 Å². The molecule has 0 aromatic carbocycles. The average Bonchev–Trinajstić information content (AvgIpc) is 2.97. The molecule has 2 aliphatic rings. The van der Waals surface area contributed by atoms with Gasteiger partial charge in [-0.1, -0.05) is 6.92 Å². The van der Waals surface area contributed by atoms with Gasteiger partial charge in [0, 0.05) is 19.1 Å². The van der Waals surface area contributed by atoms with Gasteiger partial charge in [-0.15, -0.1) is 0 Å². The minimum Gasteiger partial charge on any atom is -0.337 e. The maximum Gasteiger partial charge on any atom is 0.325 e. The van der Waals surface area contributed by atoms with Crippen molar-refractivity contribution in [3.05, 3.63) is 0 Å². The lowest BCUT2D eigenvalue weighted by Gasteiger charge is -2.29. The zero-order chi connectivity index (χ0) is 13.8. The van der Waals surface area contributed by atoms with E-state index in [1.165, 1.54) is 4.90 Å². The van der Waals surface area contributed by atoms with Crippen LogP contribution in [0.1, 0.15) is 19.8 Å². The lowest BCUT2D eigenvalue weighted by atomic mass is 10.2. The highest BCUT2D eigenvalue weighted by Gasteiger charge is 2.32. The second-order valence-corrected chi connectivity index (χ2v) is 4.94. The first-order chi connectivity index (χ1) is 9.11. The van der Waals surface area contributed by atoms with Crippen molar-refractivity contribution in [2.24, 2.45) is 0 Å². The van der Waals surface area contributed by atoms with Crippen molar-refractivity contribution < 1.29 is 14.4 Å². The average molecular weight is 268 g/mol. The SMILES string of the molecule is CCCN(C(=O)CN1CC(=O)NC1=O)C1CCNC1. The molecule has 7 heteroatoms. The molecule has 0 radical (unpaired) electrons. The second-order valence-electron chi connectivity index (χ2n) is 4.94. The molecule has 0 aromatic rings. The quantitative estimate of drug-likeness (QED) is 0.636. The van der Waals surface area contributed by atoms with Crippen LogP contribution in [0.15, 0.2) is 0 Å². The number of urea groups is 1. The van der Waals surface area contributed by atoms with E-state index in [1.54, 1.807) is 0 Å². The number of hydrogen-bond donors (Lipinski definition) is 2. The fraction of sp³-hybridized carbons (Fsp3) is 0.750. The Morgan fingerprint density at radius 3 is 2.79 bits per heavy atom. The van der Waals surface area contributed by atoms with Crippen molar-refractivity contribution in [1.82, 2.24) is 20.4 Å². The highest BCUT2D eigenvalue weighted by atomic mass is 16.2. The van der Waals surface area contributed by atoms with Gasteiger partial charge in [-0.25, -0.2) is 4.79 Å². The maximum absolute atomic E-state index is 12.3. The third-order valence-electron chi connectivity index (χ3n) is 3.45. The summed E-state index contributed by atoms with van der Waals surface area (Å²) in [7, 11) is 0. The lowest BCUT2D eigenvalue weighted by Crippen LogP contribution is -2.47. The second kappa shape index (κ2) is 6.01. The molecule has 0 aromatic heterocycles. The predicted octanol–water partition coefficient (Wildman–Crippen LogP) is -0.861. The standard InChI is InChI=1S/C12H20N4O3/c1-2-5-16(9-3-4-13-6-9)11(18)8-15-7-10(17)14-12(15)19/h9,13H,2-8H2,1H3,(H,14,17,19). The van der Waals surface area contributed by atoms with Gasteiger partial charge in [-0.2, -0.15) is 0 Å². The summed E-state index contributed by atoms with van der Waals surface area (Å²) in [5, 5.41) is 5.41. The van der Waals surface area contributed by atoms with Crippen LogP contribution in [0.5, 0.6) is 0 Å². The largest absolute Gasteiger partial charge is 0.337 e. The van der Waals surface area contributed by atoms with Crippen molar-refractivity contribution in [1.29, 1.82) is 0 Å². The molecule has 2 heterocycles. The van der Waals surface area contributed by atoms with Crippen molar-refractivity contribution in [2.75, 3.05) is 32.7 Å². The molecule has 106 valence electrons. The van der Waals surface area contributed by atoms with Crippen LogP contribution in [0, 0.1) is 0 Å². The molecule has 19 heavy (non-hydrogen) atoms. The molecule has 4 amide bonds. The van der Waals surface area contributed by atoms with Gasteiger partial charge in [-0.3, -0.25) is 14.9 Å². The molecule has 0 spiro atoms. The van der Waals surface area contributed by atoms with Gasteiger partial charge in [0.15, 0.2) is 0 Å². The van der Waals surface area contributed by atoms with Gasteiger partial charge in [0.05, 0.1) is 0 Å². The molecule has 0 bridgehead atoms. The number of carbonyl (C=O) groups is 3. The highest BCUT2D eigenvalue weighted by molar-refractivity contribution is 6.03. The van der Waals surface area contributed by atoms with Gasteiger partial charge >= 0.3 is 6.03 Å². The number of rotatable bonds is 5. The van der Waals surface area contributed by atoms with Crippen LogP contribution in [0.4, 0.5) is 4.79 Å². The minimum absolute atomic E-state index is 0.0198. The van der Waals surface area contributed by atoms with Crippen LogP contribution < -0.4 is 10.6 Å². The fourth-order valence-corrected chi connectivity index (χ4v) is 2.52. The number of nitrogens with one attached hydrogen (secondary N) is 2. The van der Waals surface area contributed by atoms with E-state index in [0.29, 0.717) is 6.54 Å². The van der Waals surface area contributed by atoms with E-state index in [2.05, 4.69) is 10.6 Å². The van der Waals surface area contributed by atoms with E-state index in [9.17, 15) is 14.4 Å². The Morgan fingerprint density at radius 1 is 1.47 bits per heavy atom. The van der Waals surface area contributed by atoms with Gasteiger partial charge < -0.3 is 15.1 Å². The smallest absolute Gasteiger partial charge is 0.325 e. The highest BCUT2D eigenvalue weighted by Crippen LogP contribution is 2.11. The number of hydrogen-bond acceptors (Lipinski definition) is 4. The van der Waals surface area contributed by atoms with E-state index >= 15 is 0 Å². The summed E-state index contributed by atoms with van der Waals surface area (Å²) >= 11 is 0. The third-order valence-corrected chi connectivity index (χ3v) is 3.45. The van der Waals surface area contributed by atoms with Crippen molar-refractivity contribution in [3.8, 4) is 0 Å². The summed E-state index contributed by atoms with van der Waals surface area (Å²) < 4.78 is 0. The lowest BCUT2D eigenvalue weighted by molar-refractivity contribution is -0.133. The van der Waals surface area contributed by atoms with Crippen LogP contribution >= 0.6 is 0 Å².